The Morgan fingerprint density at radius 1 is 0.848 bits per heavy atom. The third-order valence-electron chi connectivity index (χ3n) is 7.23. The van der Waals surface area contributed by atoms with Gasteiger partial charge in [-0.3, -0.25) is 13.9 Å². The van der Waals surface area contributed by atoms with Crippen molar-refractivity contribution in [1.82, 2.24) is 10.2 Å². The number of ether oxygens (including phenoxy) is 1. The minimum absolute atomic E-state index is 0.00509. The van der Waals surface area contributed by atoms with Crippen LogP contribution in [0.25, 0.3) is 0 Å². The van der Waals surface area contributed by atoms with Gasteiger partial charge in [-0.1, -0.05) is 97.7 Å². The normalized spacial score (nSPS) is 12.0. The first-order valence-electron chi connectivity index (χ1n) is 14.8. The molecule has 0 spiro atoms. The van der Waals surface area contributed by atoms with Crippen molar-refractivity contribution in [3.05, 3.63) is 124 Å². The number of rotatable bonds is 14. The molecule has 0 unspecified atom stereocenters. The Morgan fingerprint density at radius 2 is 1.50 bits per heavy atom. The average Bonchev–Trinajstić information content (AvgIpc) is 3.06. The van der Waals surface area contributed by atoms with E-state index in [-0.39, 0.29) is 45.4 Å². The minimum Gasteiger partial charge on any atom is -0.497 e. The molecule has 0 fully saturated rings. The predicted molar refractivity (Wildman–Crippen MR) is 183 cm³/mol. The van der Waals surface area contributed by atoms with Gasteiger partial charge in [0.05, 0.1) is 22.7 Å². The van der Waals surface area contributed by atoms with Crippen molar-refractivity contribution < 1.29 is 22.7 Å². The molecule has 46 heavy (non-hydrogen) atoms. The number of carbonyl (C=O) groups is 2. The summed E-state index contributed by atoms with van der Waals surface area (Å²) in [6.07, 6.45) is 0.198. The van der Waals surface area contributed by atoms with Crippen molar-refractivity contribution in [2.45, 2.75) is 37.8 Å². The Bertz CT molecular complexity index is 1740. The van der Waals surface area contributed by atoms with E-state index in [1.54, 1.807) is 43.5 Å². The molecule has 0 bridgehead atoms. The van der Waals surface area contributed by atoms with E-state index in [1.165, 1.54) is 35.2 Å². The van der Waals surface area contributed by atoms with Gasteiger partial charge < -0.3 is 15.0 Å². The molecule has 11 heteroatoms. The molecule has 0 saturated heterocycles. The molecule has 0 radical (unpaired) electrons. The van der Waals surface area contributed by atoms with E-state index in [1.807, 2.05) is 50.2 Å². The van der Waals surface area contributed by atoms with Crippen LogP contribution in [0.3, 0.4) is 0 Å². The summed E-state index contributed by atoms with van der Waals surface area (Å²) in [6, 6.07) is 27.7. The monoisotopic (exact) mass is 681 g/mol. The summed E-state index contributed by atoms with van der Waals surface area (Å²) < 4.78 is 34.6. The number of amides is 2. The maximum atomic E-state index is 14.6. The Morgan fingerprint density at radius 3 is 2.15 bits per heavy atom. The number of methoxy groups -OCH3 is 1. The molecule has 0 heterocycles. The number of nitrogens with zero attached hydrogens (tertiary/aromatic N) is 2. The third kappa shape index (κ3) is 9.02. The van der Waals surface area contributed by atoms with Crippen LogP contribution in [0.1, 0.15) is 25.0 Å². The van der Waals surface area contributed by atoms with Gasteiger partial charge >= 0.3 is 0 Å². The molecule has 1 N–H and O–H groups in total. The number of nitrogens with one attached hydrogen (secondary N) is 1. The van der Waals surface area contributed by atoms with Gasteiger partial charge in [0, 0.05) is 24.5 Å². The number of benzene rings is 4. The molecule has 8 nitrogen and oxygen atoms in total. The second-order valence-electron chi connectivity index (χ2n) is 11.1. The van der Waals surface area contributed by atoms with E-state index in [9.17, 15) is 18.0 Å². The van der Waals surface area contributed by atoms with Crippen molar-refractivity contribution in [2.24, 2.45) is 5.92 Å². The topological polar surface area (TPSA) is 96.0 Å². The Labute approximate surface area is 280 Å². The summed E-state index contributed by atoms with van der Waals surface area (Å²) in [5.74, 6) is -0.223. The quantitative estimate of drug-likeness (QED) is 0.162. The van der Waals surface area contributed by atoms with E-state index in [0.717, 1.165) is 9.87 Å². The Balaban J connectivity index is 1.83. The second-order valence-corrected chi connectivity index (χ2v) is 13.8. The molecule has 0 aliphatic rings. The minimum atomic E-state index is -4.31. The molecule has 242 valence electrons. The average molecular weight is 683 g/mol. The summed E-state index contributed by atoms with van der Waals surface area (Å²) in [4.78, 5) is 29.8. The first-order valence-corrected chi connectivity index (χ1v) is 17.0. The Kier molecular flexibility index (Phi) is 12.1. The fourth-order valence-electron chi connectivity index (χ4n) is 4.85. The molecule has 0 saturated carbocycles. The van der Waals surface area contributed by atoms with Crippen LogP contribution in [-0.2, 0) is 32.6 Å². The van der Waals surface area contributed by atoms with Gasteiger partial charge in [0.1, 0.15) is 18.3 Å². The van der Waals surface area contributed by atoms with Gasteiger partial charge in [-0.15, -0.1) is 0 Å². The number of anilines is 1. The van der Waals surface area contributed by atoms with Gasteiger partial charge in [0.15, 0.2) is 0 Å². The number of halogens is 2. The molecule has 0 aromatic heterocycles. The van der Waals surface area contributed by atoms with Crippen molar-refractivity contribution in [3.63, 3.8) is 0 Å². The molecule has 0 aliphatic heterocycles. The molecule has 2 amide bonds. The maximum absolute atomic E-state index is 14.6. The van der Waals surface area contributed by atoms with Crippen LogP contribution in [0, 0.1) is 5.92 Å². The van der Waals surface area contributed by atoms with Crippen LogP contribution in [-0.4, -0.2) is 51.4 Å². The first-order chi connectivity index (χ1) is 22.0. The van der Waals surface area contributed by atoms with Gasteiger partial charge in [-0.2, -0.15) is 0 Å². The zero-order chi connectivity index (χ0) is 33.3. The SMILES string of the molecule is COc1cccc(CN(C(=O)CN(c2cc(Cl)ccc2Cl)S(=O)(=O)c2ccccc2)[C@H](Cc2ccccc2)C(=O)NCC(C)C)c1. The van der Waals surface area contributed by atoms with E-state index in [0.29, 0.717) is 17.9 Å². The molecule has 4 rings (SSSR count). The zero-order valence-corrected chi connectivity index (χ0v) is 28.2. The third-order valence-corrected chi connectivity index (χ3v) is 9.56. The number of hydrogen-bond donors (Lipinski definition) is 1. The van der Waals surface area contributed by atoms with Crippen molar-refractivity contribution in [3.8, 4) is 5.75 Å². The predicted octanol–water partition coefficient (Wildman–Crippen LogP) is 6.61. The van der Waals surface area contributed by atoms with Gasteiger partial charge in [-0.05, 0) is 59.5 Å². The first kappa shape index (κ1) is 34.8. The zero-order valence-electron chi connectivity index (χ0n) is 25.9. The summed E-state index contributed by atoms with van der Waals surface area (Å²) in [5, 5.41) is 3.30. The van der Waals surface area contributed by atoms with Crippen LogP contribution in [0.5, 0.6) is 5.75 Å². The van der Waals surface area contributed by atoms with Gasteiger partial charge in [0.2, 0.25) is 11.8 Å². The highest BCUT2D eigenvalue weighted by molar-refractivity contribution is 7.92. The van der Waals surface area contributed by atoms with E-state index in [4.69, 9.17) is 27.9 Å². The number of hydrogen-bond acceptors (Lipinski definition) is 5. The largest absolute Gasteiger partial charge is 0.497 e. The highest BCUT2D eigenvalue weighted by Crippen LogP contribution is 2.33. The molecular formula is C35H37Cl2N3O5S. The number of sulfonamides is 1. The molecular weight excluding hydrogens is 645 g/mol. The lowest BCUT2D eigenvalue weighted by molar-refractivity contribution is -0.140. The molecule has 0 aliphatic carbocycles. The van der Waals surface area contributed by atoms with Crippen LogP contribution in [0.4, 0.5) is 5.69 Å². The second kappa shape index (κ2) is 16.0. The summed E-state index contributed by atoms with van der Waals surface area (Å²) >= 11 is 12.8. The van der Waals surface area contributed by atoms with E-state index < -0.39 is 28.5 Å². The lowest BCUT2D eigenvalue weighted by Gasteiger charge is -2.34. The standard InChI is InChI=1S/C35H37Cl2N3O5S/c1-25(2)22-38-35(42)33(20-26-11-6-4-7-12-26)39(23-27-13-10-14-29(19-27)45-3)34(41)24-40(32-21-28(36)17-18-31(32)37)46(43,44)30-15-8-5-9-16-30/h4-19,21,25,33H,20,22-24H2,1-3H3,(H,38,42)/t33-/m1/s1. The smallest absolute Gasteiger partial charge is 0.264 e. The summed E-state index contributed by atoms with van der Waals surface area (Å²) in [5.41, 5.74) is 1.57. The van der Waals surface area contributed by atoms with Crippen LogP contribution < -0.4 is 14.4 Å². The Hall–Kier alpha value is -4.05. The molecule has 1 atom stereocenters. The van der Waals surface area contributed by atoms with Crippen LogP contribution >= 0.6 is 23.2 Å². The summed E-state index contributed by atoms with van der Waals surface area (Å²) in [7, 11) is -2.77. The lowest BCUT2D eigenvalue weighted by atomic mass is 10.0. The van der Waals surface area contributed by atoms with Crippen molar-refractivity contribution in [1.29, 1.82) is 0 Å². The van der Waals surface area contributed by atoms with Crippen molar-refractivity contribution in [2.75, 3.05) is 24.5 Å². The lowest BCUT2D eigenvalue weighted by Crippen LogP contribution is -2.53. The van der Waals surface area contributed by atoms with Crippen molar-refractivity contribution >= 4 is 50.7 Å². The molecule has 4 aromatic carbocycles. The summed E-state index contributed by atoms with van der Waals surface area (Å²) in [6.45, 7) is 3.71. The van der Waals surface area contributed by atoms with Gasteiger partial charge in [0.25, 0.3) is 10.0 Å². The fourth-order valence-corrected chi connectivity index (χ4v) is 6.74. The maximum Gasteiger partial charge on any atom is 0.264 e. The highest BCUT2D eigenvalue weighted by Gasteiger charge is 2.35. The van der Waals surface area contributed by atoms with E-state index >= 15 is 0 Å². The van der Waals surface area contributed by atoms with Gasteiger partial charge in [-0.25, -0.2) is 8.42 Å². The van der Waals surface area contributed by atoms with Crippen LogP contribution in [0.15, 0.2) is 108 Å². The fraction of sp³-hybridized carbons (Fsp3) is 0.257. The number of carbonyl (C=O) groups excluding carboxylic acids is 2. The molecule has 4 aromatic rings. The highest BCUT2D eigenvalue weighted by atomic mass is 35.5. The van der Waals surface area contributed by atoms with Crippen LogP contribution in [0.2, 0.25) is 10.0 Å². The van der Waals surface area contributed by atoms with E-state index in [2.05, 4.69) is 5.32 Å².